The number of carboxylic acids is 1. The highest BCUT2D eigenvalue weighted by Crippen LogP contribution is 2.29. The Balaban J connectivity index is 1.96. The van der Waals surface area contributed by atoms with Gasteiger partial charge in [-0.05, 0) is 48.2 Å². The van der Waals surface area contributed by atoms with Crippen molar-refractivity contribution in [3.05, 3.63) is 53.6 Å². The lowest BCUT2D eigenvalue weighted by Gasteiger charge is -2.14. The van der Waals surface area contributed by atoms with E-state index < -0.39 is 12.1 Å². The van der Waals surface area contributed by atoms with E-state index in [1.165, 1.54) is 0 Å². The van der Waals surface area contributed by atoms with Gasteiger partial charge in [-0.1, -0.05) is 18.2 Å². The molecule has 7 nitrogen and oxygen atoms in total. The van der Waals surface area contributed by atoms with E-state index in [1.54, 1.807) is 38.5 Å². The molecule has 0 spiro atoms. The number of carbonyl (C=O) groups is 2. The Morgan fingerprint density at radius 3 is 2.46 bits per heavy atom. The van der Waals surface area contributed by atoms with Crippen LogP contribution in [-0.2, 0) is 16.0 Å². The van der Waals surface area contributed by atoms with E-state index in [2.05, 4.69) is 5.32 Å². The van der Waals surface area contributed by atoms with Gasteiger partial charge in [0.15, 0.2) is 11.5 Å². The minimum absolute atomic E-state index is 0.0958. The molecule has 0 unspecified atom stereocenters. The summed E-state index contributed by atoms with van der Waals surface area (Å²) in [5, 5.41) is 21.8. The number of methoxy groups -OCH3 is 2. The highest BCUT2D eigenvalue weighted by molar-refractivity contribution is 5.92. The van der Waals surface area contributed by atoms with Gasteiger partial charge in [-0.25, -0.2) is 0 Å². The predicted octanol–water partition coefficient (Wildman–Crippen LogP) is 3.17. The van der Waals surface area contributed by atoms with Gasteiger partial charge in [-0.2, -0.15) is 0 Å². The second kappa shape index (κ2) is 10.3. The van der Waals surface area contributed by atoms with Crippen LogP contribution in [0, 0.1) is 0 Å². The first-order valence-corrected chi connectivity index (χ1v) is 8.93. The number of aliphatic hydroxyl groups excluding tert-OH is 1. The molecular weight excluding hydrogens is 362 g/mol. The molecule has 1 amide bonds. The van der Waals surface area contributed by atoms with E-state index >= 15 is 0 Å². The van der Waals surface area contributed by atoms with Crippen molar-refractivity contribution < 1.29 is 29.3 Å². The van der Waals surface area contributed by atoms with E-state index in [-0.39, 0.29) is 18.7 Å². The number of aryl methyl sites for hydroxylation is 1. The molecular formula is C21H25NO6. The van der Waals surface area contributed by atoms with E-state index in [0.717, 1.165) is 5.56 Å². The first kappa shape index (κ1) is 21.2. The van der Waals surface area contributed by atoms with Crippen LogP contribution in [0.5, 0.6) is 11.5 Å². The van der Waals surface area contributed by atoms with Crippen LogP contribution < -0.4 is 14.8 Å². The summed E-state index contributed by atoms with van der Waals surface area (Å²) >= 11 is 0. The third kappa shape index (κ3) is 6.28. The summed E-state index contributed by atoms with van der Waals surface area (Å²) in [6, 6.07) is 12.5. The molecule has 0 aliphatic rings. The van der Waals surface area contributed by atoms with Crippen molar-refractivity contribution in [3.8, 4) is 11.5 Å². The van der Waals surface area contributed by atoms with E-state index in [9.17, 15) is 14.7 Å². The standard InChI is InChI=1S/C21H25NO6/c1-27-18-9-7-14(12-19(18)28-2)6-8-17(23)15-4-3-5-16(13-15)22-20(24)10-11-21(25)26/h3-5,7,9,12-13,17,23H,6,8,10-11H2,1-2H3,(H,22,24)(H,25,26)/t17-/m1/s1. The summed E-state index contributed by atoms with van der Waals surface area (Å²) in [5.74, 6) is -0.104. The number of ether oxygens (including phenoxy) is 2. The lowest BCUT2D eigenvalue weighted by molar-refractivity contribution is -0.138. The molecule has 0 saturated heterocycles. The Morgan fingerprint density at radius 2 is 1.79 bits per heavy atom. The number of nitrogens with one attached hydrogen (secondary N) is 1. The van der Waals surface area contributed by atoms with E-state index in [0.29, 0.717) is 35.6 Å². The maximum absolute atomic E-state index is 11.8. The summed E-state index contributed by atoms with van der Waals surface area (Å²) in [6.45, 7) is 0. The zero-order valence-corrected chi connectivity index (χ0v) is 16.0. The predicted molar refractivity (Wildman–Crippen MR) is 105 cm³/mol. The second-order valence-corrected chi connectivity index (χ2v) is 6.31. The molecule has 0 fully saturated rings. The molecule has 150 valence electrons. The number of anilines is 1. The molecule has 2 aromatic rings. The quantitative estimate of drug-likeness (QED) is 0.578. The Morgan fingerprint density at radius 1 is 1.04 bits per heavy atom. The molecule has 2 rings (SSSR count). The minimum Gasteiger partial charge on any atom is -0.493 e. The molecule has 3 N–H and O–H groups in total. The molecule has 0 aliphatic heterocycles. The van der Waals surface area contributed by atoms with Gasteiger partial charge in [0.2, 0.25) is 5.91 Å². The van der Waals surface area contributed by atoms with Crippen LogP contribution in [0.2, 0.25) is 0 Å². The Kier molecular flexibility index (Phi) is 7.83. The van der Waals surface area contributed by atoms with Crippen molar-refractivity contribution in [3.63, 3.8) is 0 Å². The van der Waals surface area contributed by atoms with Crippen LogP contribution in [0.25, 0.3) is 0 Å². The van der Waals surface area contributed by atoms with Gasteiger partial charge in [0.25, 0.3) is 0 Å². The molecule has 0 heterocycles. The van der Waals surface area contributed by atoms with Crippen molar-refractivity contribution in [2.24, 2.45) is 0 Å². The fraction of sp³-hybridized carbons (Fsp3) is 0.333. The molecule has 7 heteroatoms. The minimum atomic E-state index is -1.02. The van der Waals surface area contributed by atoms with E-state index in [4.69, 9.17) is 14.6 Å². The Hall–Kier alpha value is -3.06. The Labute approximate surface area is 163 Å². The summed E-state index contributed by atoms with van der Waals surface area (Å²) in [4.78, 5) is 22.3. The summed E-state index contributed by atoms with van der Waals surface area (Å²) in [5.41, 5.74) is 2.21. The van der Waals surface area contributed by atoms with Crippen LogP contribution in [0.1, 0.15) is 36.5 Å². The van der Waals surface area contributed by atoms with Crippen molar-refractivity contribution in [2.45, 2.75) is 31.8 Å². The fourth-order valence-electron chi connectivity index (χ4n) is 2.77. The molecule has 0 bridgehead atoms. The van der Waals surface area contributed by atoms with Gasteiger partial charge in [0.1, 0.15) is 0 Å². The number of amides is 1. The van der Waals surface area contributed by atoms with Crippen molar-refractivity contribution >= 4 is 17.6 Å². The van der Waals surface area contributed by atoms with Crippen LogP contribution in [0.3, 0.4) is 0 Å². The Bertz CT molecular complexity index is 820. The van der Waals surface area contributed by atoms with Gasteiger partial charge in [-0.15, -0.1) is 0 Å². The number of hydrogen-bond acceptors (Lipinski definition) is 5. The molecule has 0 aromatic heterocycles. The molecule has 2 aromatic carbocycles. The van der Waals surface area contributed by atoms with Gasteiger partial charge < -0.3 is 25.0 Å². The normalized spacial score (nSPS) is 11.5. The summed E-state index contributed by atoms with van der Waals surface area (Å²) < 4.78 is 10.5. The number of carboxylic acid groups (broad SMARTS) is 1. The third-order valence-electron chi connectivity index (χ3n) is 4.28. The van der Waals surface area contributed by atoms with E-state index in [1.807, 2.05) is 18.2 Å². The second-order valence-electron chi connectivity index (χ2n) is 6.31. The highest BCUT2D eigenvalue weighted by Gasteiger charge is 2.12. The van der Waals surface area contributed by atoms with Gasteiger partial charge in [0.05, 0.1) is 26.7 Å². The smallest absolute Gasteiger partial charge is 0.303 e. The fourth-order valence-corrected chi connectivity index (χ4v) is 2.77. The van der Waals surface area contributed by atoms with Crippen LogP contribution in [0.4, 0.5) is 5.69 Å². The number of hydrogen-bond donors (Lipinski definition) is 3. The number of aliphatic carboxylic acids is 1. The van der Waals surface area contributed by atoms with Gasteiger partial charge in [0, 0.05) is 12.1 Å². The third-order valence-corrected chi connectivity index (χ3v) is 4.28. The largest absolute Gasteiger partial charge is 0.493 e. The maximum atomic E-state index is 11.8. The summed E-state index contributed by atoms with van der Waals surface area (Å²) in [7, 11) is 3.15. The van der Waals surface area contributed by atoms with Crippen molar-refractivity contribution in [1.82, 2.24) is 0 Å². The average Bonchev–Trinajstić information content (AvgIpc) is 2.70. The number of rotatable bonds is 10. The molecule has 0 radical (unpaired) electrons. The maximum Gasteiger partial charge on any atom is 0.303 e. The zero-order chi connectivity index (χ0) is 20.5. The highest BCUT2D eigenvalue weighted by atomic mass is 16.5. The van der Waals surface area contributed by atoms with Crippen molar-refractivity contribution in [2.75, 3.05) is 19.5 Å². The van der Waals surface area contributed by atoms with Crippen LogP contribution in [-0.4, -0.2) is 36.3 Å². The van der Waals surface area contributed by atoms with Crippen molar-refractivity contribution in [1.29, 1.82) is 0 Å². The first-order chi connectivity index (χ1) is 13.4. The number of aliphatic hydroxyl groups is 1. The lowest BCUT2D eigenvalue weighted by atomic mass is 10.0. The summed E-state index contributed by atoms with van der Waals surface area (Å²) in [6.07, 6.45) is 0.104. The topological polar surface area (TPSA) is 105 Å². The van der Waals surface area contributed by atoms with Gasteiger partial charge in [-0.3, -0.25) is 9.59 Å². The van der Waals surface area contributed by atoms with Gasteiger partial charge >= 0.3 is 5.97 Å². The lowest BCUT2D eigenvalue weighted by Crippen LogP contribution is -2.13. The molecule has 0 aliphatic carbocycles. The molecule has 1 atom stereocenters. The SMILES string of the molecule is COc1ccc(CC[C@@H](O)c2cccc(NC(=O)CCC(=O)O)c2)cc1OC. The van der Waals surface area contributed by atoms with Crippen LogP contribution >= 0.6 is 0 Å². The zero-order valence-electron chi connectivity index (χ0n) is 16.0. The first-order valence-electron chi connectivity index (χ1n) is 8.93. The number of carbonyl (C=O) groups excluding carboxylic acids is 1. The molecule has 28 heavy (non-hydrogen) atoms. The number of benzene rings is 2. The monoisotopic (exact) mass is 387 g/mol. The van der Waals surface area contributed by atoms with Crippen LogP contribution in [0.15, 0.2) is 42.5 Å². The average molecular weight is 387 g/mol. The molecule has 0 saturated carbocycles.